The van der Waals surface area contributed by atoms with E-state index in [2.05, 4.69) is 10.6 Å². The average Bonchev–Trinajstić information content (AvgIpc) is 3.10. The Kier molecular flexibility index (Phi) is 14.6. The van der Waals surface area contributed by atoms with Gasteiger partial charge in [-0.15, -0.1) is 0 Å². The number of carbonyl (C=O) groups excluding carboxylic acids is 3. The maximum atomic E-state index is 13.0. The standard InChI is InChI=1S/C37H40N2O7/c40-33(21-38-36(41)34(45-25-31-17-9-3-10-18-31)27-43-23-29-13-5-1-6-14-29)22-39-37(42)35(46-26-32-19-11-4-12-20-32)28-44-24-30-15-7-2-8-16-30/h1-20,34-35H,21-28H2,(H,38,41)(H,39,42)/t34-,35-/m1/s1. The van der Waals surface area contributed by atoms with E-state index in [4.69, 9.17) is 18.9 Å². The van der Waals surface area contributed by atoms with E-state index in [1.165, 1.54) is 0 Å². The van der Waals surface area contributed by atoms with Crippen molar-refractivity contribution in [1.82, 2.24) is 10.6 Å². The van der Waals surface area contributed by atoms with Crippen molar-refractivity contribution < 1.29 is 33.3 Å². The molecule has 9 nitrogen and oxygen atoms in total. The number of hydrogen-bond donors (Lipinski definition) is 2. The molecule has 9 heteroatoms. The molecule has 0 aromatic heterocycles. The van der Waals surface area contributed by atoms with Gasteiger partial charge in [-0.1, -0.05) is 121 Å². The predicted octanol–water partition coefficient (Wildman–Crippen LogP) is 4.39. The third-order valence-electron chi connectivity index (χ3n) is 6.85. The zero-order valence-electron chi connectivity index (χ0n) is 25.7. The van der Waals surface area contributed by atoms with Crippen LogP contribution < -0.4 is 10.6 Å². The Balaban J connectivity index is 1.25. The van der Waals surface area contributed by atoms with Crippen LogP contribution in [0.25, 0.3) is 0 Å². The van der Waals surface area contributed by atoms with E-state index >= 15 is 0 Å². The largest absolute Gasteiger partial charge is 0.374 e. The van der Waals surface area contributed by atoms with Crippen molar-refractivity contribution >= 4 is 17.6 Å². The number of carbonyl (C=O) groups is 3. The zero-order chi connectivity index (χ0) is 32.2. The smallest absolute Gasteiger partial charge is 0.251 e. The van der Waals surface area contributed by atoms with Gasteiger partial charge >= 0.3 is 0 Å². The Morgan fingerprint density at radius 3 is 1.09 bits per heavy atom. The molecule has 46 heavy (non-hydrogen) atoms. The van der Waals surface area contributed by atoms with Crippen LogP contribution in [0.3, 0.4) is 0 Å². The van der Waals surface area contributed by atoms with Crippen molar-refractivity contribution in [2.75, 3.05) is 26.3 Å². The van der Waals surface area contributed by atoms with Gasteiger partial charge in [0.2, 0.25) is 0 Å². The van der Waals surface area contributed by atoms with Gasteiger partial charge in [0, 0.05) is 0 Å². The molecule has 0 aliphatic rings. The first kappa shape index (κ1) is 34.2. The molecule has 0 radical (unpaired) electrons. The van der Waals surface area contributed by atoms with E-state index in [1.807, 2.05) is 121 Å². The van der Waals surface area contributed by atoms with E-state index in [9.17, 15) is 14.4 Å². The van der Waals surface area contributed by atoms with Gasteiger partial charge in [-0.25, -0.2) is 0 Å². The predicted molar refractivity (Wildman–Crippen MR) is 173 cm³/mol. The van der Waals surface area contributed by atoms with Crippen LogP contribution in [-0.2, 0) is 59.8 Å². The summed E-state index contributed by atoms with van der Waals surface area (Å²) in [7, 11) is 0. The van der Waals surface area contributed by atoms with E-state index in [0.29, 0.717) is 13.2 Å². The van der Waals surface area contributed by atoms with Crippen LogP contribution >= 0.6 is 0 Å². The molecule has 0 unspecified atom stereocenters. The van der Waals surface area contributed by atoms with Gasteiger partial charge in [0.25, 0.3) is 11.8 Å². The van der Waals surface area contributed by atoms with E-state index in [0.717, 1.165) is 22.3 Å². The molecule has 0 spiro atoms. The lowest BCUT2D eigenvalue weighted by Crippen LogP contribution is -2.45. The second-order valence-electron chi connectivity index (χ2n) is 10.5. The second kappa shape index (κ2) is 19.7. The van der Waals surface area contributed by atoms with Gasteiger partial charge in [-0.2, -0.15) is 0 Å². The molecule has 240 valence electrons. The SMILES string of the molecule is O=C(CNC(=O)[C@@H](COCc1ccccc1)OCc1ccccc1)CNC(=O)[C@@H](COCc1ccccc1)OCc1ccccc1. The number of hydrogen-bond acceptors (Lipinski definition) is 7. The summed E-state index contributed by atoms with van der Waals surface area (Å²) < 4.78 is 23.3. The lowest BCUT2D eigenvalue weighted by molar-refractivity contribution is -0.140. The molecule has 0 bridgehead atoms. The molecule has 0 aliphatic carbocycles. The Labute approximate surface area is 269 Å². The van der Waals surface area contributed by atoms with Crippen LogP contribution in [-0.4, -0.2) is 56.1 Å². The Morgan fingerprint density at radius 1 is 0.457 bits per heavy atom. The van der Waals surface area contributed by atoms with Crippen molar-refractivity contribution in [3.63, 3.8) is 0 Å². The summed E-state index contributed by atoms with van der Waals surface area (Å²) in [6, 6.07) is 38.1. The molecular weight excluding hydrogens is 584 g/mol. The summed E-state index contributed by atoms with van der Waals surface area (Å²) in [6.45, 7) is 0.457. The van der Waals surface area contributed by atoms with Crippen molar-refractivity contribution in [3.8, 4) is 0 Å². The van der Waals surface area contributed by atoms with Crippen LogP contribution in [0.5, 0.6) is 0 Å². The highest BCUT2D eigenvalue weighted by Crippen LogP contribution is 2.08. The Morgan fingerprint density at radius 2 is 0.761 bits per heavy atom. The molecular formula is C37H40N2O7. The topological polar surface area (TPSA) is 112 Å². The number of ketones is 1. The Bertz CT molecular complexity index is 1340. The summed E-state index contributed by atoms with van der Waals surface area (Å²) in [5.74, 6) is -1.36. The van der Waals surface area contributed by atoms with Crippen LogP contribution in [0.4, 0.5) is 0 Å². The van der Waals surface area contributed by atoms with Gasteiger partial charge in [0.05, 0.1) is 52.7 Å². The van der Waals surface area contributed by atoms with Crippen molar-refractivity contribution in [2.24, 2.45) is 0 Å². The number of ether oxygens (including phenoxy) is 4. The average molecular weight is 625 g/mol. The van der Waals surface area contributed by atoms with Gasteiger partial charge in [0.1, 0.15) is 0 Å². The van der Waals surface area contributed by atoms with Crippen LogP contribution in [0.1, 0.15) is 22.3 Å². The van der Waals surface area contributed by atoms with Gasteiger partial charge in [-0.3, -0.25) is 14.4 Å². The third-order valence-corrected chi connectivity index (χ3v) is 6.85. The third kappa shape index (κ3) is 12.7. The van der Waals surface area contributed by atoms with Crippen molar-refractivity contribution in [1.29, 1.82) is 0 Å². The minimum absolute atomic E-state index is 0.00189. The zero-order valence-corrected chi connectivity index (χ0v) is 25.7. The van der Waals surface area contributed by atoms with E-state index < -0.39 is 24.0 Å². The highest BCUT2D eigenvalue weighted by atomic mass is 16.5. The Hall–Kier alpha value is -4.67. The second-order valence-corrected chi connectivity index (χ2v) is 10.5. The van der Waals surface area contributed by atoms with E-state index in [1.54, 1.807) is 0 Å². The summed E-state index contributed by atoms with van der Waals surface area (Å²) in [6.07, 6.45) is -1.88. The van der Waals surface area contributed by atoms with Gasteiger partial charge < -0.3 is 29.6 Å². The molecule has 0 heterocycles. The molecule has 2 atom stereocenters. The van der Waals surface area contributed by atoms with Crippen LogP contribution in [0.15, 0.2) is 121 Å². The highest BCUT2D eigenvalue weighted by molar-refractivity contribution is 5.91. The molecule has 2 amide bonds. The maximum absolute atomic E-state index is 13.0. The summed E-state index contributed by atoms with van der Waals surface area (Å²) >= 11 is 0. The van der Waals surface area contributed by atoms with Crippen molar-refractivity contribution in [2.45, 2.75) is 38.6 Å². The fraction of sp³-hybridized carbons (Fsp3) is 0.270. The van der Waals surface area contributed by atoms with Gasteiger partial charge in [0.15, 0.2) is 18.0 Å². The number of rotatable bonds is 20. The first-order chi connectivity index (χ1) is 22.6. The lowest BCUT2D eigenvalue weighted by atomic mass is 10.2. The summed E-state index contributed by atoms with van der Waals surface area (Å²) in [5, 5.41) is 5.24. The minimum Gasteiger partial charge on any atom is -0.374 e. The molecule has 4 aromatic carbocycles. The molecule has 4 aromatic rings. The van der Waals surface area contributed by atoms with E-state index in [-0.39, 0.29) is 45.3 Å². The number of nitrogens with one attached hydrogen (secondary N) is 2. The van der Waals surface area contributed by atoms with Crippen molar-refractivity contribution in [3.05, 3.63) is 144 Å². The number of amides is 2. The minimum atomic E-state index is -0.941. The normalized spacial score (nSPS) is 12.2. The fourth-order valence-electron chi connectivity index (χ4n) is 4.32. The quantitative estimate of drug-likeness (QED) is 0.150. The monoisotopic (exact) mass is 624 g/mol. The highest BCUT2D eigenvalue weighted by Gasteiger charge is 2.23. The number of benzene rings is 4. The van der Waals surface area contributed by atoms with Gasteiger partial charge in [-0.05, 0) is 22.3 Å². The molecule has 0 fully saturated rings. The molecule has 0 saturated carbocycles. The molecule has 0 saturated heterocycles. The van der Waals surface area contributed by atoms with Crippen LogP contribution in [0.2, 0.25) is 0 Å². The first-order valence-electron chi connectivity index (χ1n) is 15.2. The number of Topliss-reactive ketones (excluding diaryl/α,β-unsaturated/α-hetero) is 1. The maximum Gasteiger partial charge on any atom is 0.251 e. The molecule has 4 rings (SSSR count). The van der Waals surface area contributed by atoms with Crippen LogP contribution in [0, 0.1) is 0 Å². The molecule has 0 aliphatic heterocycles. The summed E-state index contributed by atoms with van der Waals surface area (Å²) in [4.78, 5) is 38.7. The summed E-state index contributed by atoms with van der Waals surface area (Å²) in [5.41, 5.74) is 3.73. The first-order valence-corrected chi connectivity index (χ1v) is 15.2. The molecule has 2 N–H and O–H groups in total. The lowest BCUT2D eigenvalue weighted by Gasteiger charge is -2.19. The fourth-order valence-corrected chi connectivity index (χ4v) is 4.32.